The minimum atomic E-state index is -0.471. The van der Waals surface area contributed by atoms with E-state index in [1.54, 1.807) is 0 Å². The number of aryl methyl sites for hydroxylation is 2. The van der Waals surface area contributed by atoms with Crippen molar-refractivity contribution in [3.05, 3.63) is 40.7 Å². The van der Waals surface area contributed by atoms with Crippen molar-refractivity contribution in [3.8, 4) is 10.6 Å². The van der Waals surface area contributed by atoms with E-state index in [2.05, 4.69) is 47.6 Å². The maximum Gasteiger partial charge on any atom is 0.410 e. The van der Waals surface area contributed by atoms with Gasteiger partial charge in [-0.2, -0.15) is 0 Å². The summed E-state index contributed by atoms with van der Waals surface area (Å²) in [6, 6.07) is 9.03. The molecule has 1 aromatic rings. The van der Waals surface area contributed by atoms with E-state index < -0.39 is 5.60 Å². The number of aromatic nitrogens is 1. The lowest BCUT2D eigenvalue weighted by atomic mass is 10.1. The molecule has 1 aliphatic carbocycles. The largest absolute Gasteiger partial charge is 0.444 e. The Bertz CT molecular complexity index is 1290. The maximum absolute atomic E-state index is 12.4. The molecule has 3 aliphatic heterocycles. The monoisotopic (exact) mass is 495 g/mol. The number of nitrogens with zero attached hydrogens (tertiary/aromatic N) is 4. The second kappa shape index (κ2) is 9.39. The molecule has 35 heavy (non-hydrogen) atoms. The fourth-order valence-electron chi connectivity index (χ4n) is 4.79. The van der Waals surface area contributed by atoms with Crippen molar-refractivity contribution in [1.29, 1.82) is 0 Å². The molecule has 3 heterocycles. The zero-order valence-electron chi connectivity index (χ0n) is 21.4. The predicted octanol–water partition coefficient (Wildman–Crippen LogP) is 3.88. The minimum Gasteiger partial charge on any atom is -0.444 e. The molecule has 7 nitrogen and oxygen atoms in total. The van der Waals surface area contributed by atoms with E-state index in [9.17, 15) is 4.79 Å². The molecule has 2 fully saturated rings. The van der Waals surface area contributed by atoms with Crippen LogP contribution in [0, 0.1) is 13.8 Å². The van der Waals surface area contributed by atoms with Gasteiger partial charge in [0, 0.05) is 44.0 Å². The van der Waals surface area contributed by atoms with Crippen molar-refractivity contribution >= 4 is 33.3 Å². The fourth-order valence-corrected chi connectivity index (χ4v) is 5.99. The van der Waals surface area contributed by atoms with Crippen molar-refractivity contribution in [2.75, 3.05) is 57.4 Å². The zero-order chi connectivity index (χ0) is 24.7. The van der Waals surface area contributed by atoms with Gasteiger partial charge in [-0.05, 0) is 57.9 Å². The van der Waals surface area contributed by atoms with Crippen LogP contribution in [-0.2, 0) is 9.47 Å². The second-order valence-corrected chi connectivity index (χ2v) is 11.6. The molecule has 0 unspecified atom stereocenters. The molecule has 1 aromatic carbocycles. The van der Waals surface area contributed by atoms with Gasteiger partial charge in [0.2, 0.25) is 5.36 Å². The molecule has 0 aromatic heterocycles. The number of hydrogen-bond donors (Lipinski definition) is 0. The maximum atomic E-state index is 12.4. The predicted molar refractivity (Wildman–Crippen MR) is 142 cm³/mol. The van der Waals surface area contributed by atoms with Crippen LogP contribution in [0.1, 0.15) is 31.9 Å². The Morgan fingerprint density at radius 1 is 1.03 bits per heavy atom. The molecule has 0 bridgehead atoms. The molecule has 4 aliphatic rings. The van der Waals surface area contributed by atoms with Crippen LogP contribution in [-0.4, -0.2) is 74.1 Å². The normalized spacial score (nSPS) is 17.3. The molecule has 0 N–H and O–H groups in total. The summed E-state index contributed by atoms with van der Waals surface area (Å²) in [5, 5.41) is 1.25. The molecule has 8 heteroatoms. The summed E-state index contributed by atoms with van der Waals surface area (Å²) in [7, 11) is 0. The highest BCUT2D eigenvalue weighted by Gasteiger charge is 2.26. The van der Waals surface area contributed by atoms with Crippen LogP contribution in [0.2, 0.25) is 0 Å². The molecule has 0 radical (unpaired) electrons. The van der Waals surface area contributed by atoms with Crippen LogP contribution >= 0.6 is 11.3 Å². The lowest BCUT2D eigenvalue weighted by Crippen LogP contribution is -2.50. The van der Waals surface area contributed by atoms with Gasteiger partial charge in [-0.1, -0.05) is 0 Å². The van der Waals surface area contributed by atoms with Gasteiger partial charge in [-0.15, -0.1) is 11.3 Å². The number of fused-ring (bicyclic) bond motifs is 2. The Kier molecular flexibility index (Phi) is 6.44. The summed E-state index contributed by atoms with van der Waals surface area (Å²) >= 11 is 1.82. The standard InChI is InChI=1S/C27H35N4O3S/c1-18-14-20(29-6-8-31(9-7-29)26(32)34-27(3,4)5)16-22-24(18)28-25-19(2)15-21(17-23(25)35-22)30-10-12-33-13-11-30/h14-17H,6-13H2,1-5H3/q+1. The SMILES string of the molecule is Cc1cc(=[N+]2CCOCC2)cc2sc3cc(N4CCN(C(=O)OC(C)(C)C)CC4)cc(C)c3nc1-2. The van der Waals surface area contributed by atoms with Crippen LogP contribution in [0.3, 0.4) is 0 Å². The van der Waals surface area contributed by atoms with Gasteiger partial charge in [-0.25, -0.2) is 14.4 Å². The molecule has 1 amide bonds. The summed E-state index contributed by atoms with van der Waals surface area (Å²) < 4.78 is 14.7. The first kappa shape index (κ1) is 24.0. The smallest absolute Gasteiger partial charge is 0.410 e. The Morgan fingerprint density at radius 3 is 2.43 bits per heavy atom. The van der Waals surface area contributed by atoms with Crippen LogP contribution in [0.15, 0.2) is 24.3 Å². The zero-order valence-corrected chi connectivity index (χ0v) is 22.2. The third kappa shape index (κ3) is 5.14. The molecular formula is C27H35N4O3S+. The molecule has 0 spiro atoms. The Hall–Kier alpha value is -2.71. The van der Waals surface area contributed by atoms with Crippen molar-refractivity contribution in [1.82, 2.24) is 14.5 Å². The first-order chi connectivity index (χ1) is 16.7. The van der Waals surface area contributed by atoms with Gasteiger partial charge in [-0.3, -0.25) is 0 Å². The third-order valence-electron chi connectivity index (χ3n) is 6.62. The molecule has 2 saturated heterocycles. The van der Waals surface area contributed by atoms with Gasteiger partial charge >= 0.3 is 6.09 Å². The molecule has 0 atom stereocenters. The summed E-state index contributed by atoms with van der Waals surface area (Å²) in [4.78, 5) is 22.9. The van der Waals surface area contributed by atoms with Crippen molar-refractivity contribution in [3.63, 3.8) is 0 Å². The average Bonchev–Trinajstić information content (AvgIpc) is 2.82. The van der Waals surface area contributed by atoms with Gasteiger partial charge in [0.15, 0.2) is 13.1 Å². The number of hydrogen-bond acceptors (Lipinski definition) is 6. The number of rotatable bonds is 1. The van der Waals surface area contributed by atoms with E-state index in [0.29, 0.717) is 13.1 Å². The fraction of sp³-hybridized carbons (Fsp3) is 0.519. The topological polar surface area (TPSA) is 57.9 Å². The minimum absolute atomic E-state index is 0.226. The lowest BCUT2D eigenvalue weighted by molar-refractivity contribution is 0.0240. The van der Waals surface area contributed by atoms with E-state index in [1.165, 1.54) is 31.7 Å². The number of ether oxygens (including phenoxy) is 2. The lowest BCUT2D eigenvalue weighted by Gasteiger charge is -2.37. The average molecular weight is 496 g/mol. The van der Waals surface area contributed by atoms with Gasteiger partial charge < -0.3 is 19.3 Å². The van der Waals surface area contributed by atoms with Gasteiger partial charge in [0.25, 0.3) is 0 Å². The molecule has 0 saturated carbocycles. The Balaban J connectivity index is 1.45. The van der Waals surface area contributed by atoms with Crippen LogP contribution in [0.25, 0.3) is 20.8 Å². The number of carbonyl (C=O) groups is 1. The summed E-state index contributed by atoms with van der Waals surface area (Å²) in [5.41, 5.74) is 5.27. The molecular weight excluding hydrogens is 460 g/mol. The number of benzene rings is 2. The van der Waals surface area contributed by atoms with Gasteiger partial charge in [0.05, 0.1) is 20.8 Å². The van der Waals surface area contributed by atoms with Crippen LogP contribution in [0.4, 0.5) is 10.5 Å². The highest BCUT2D eigenvalue weighted by Crippen LogP contribution is 2.35. The van der Waals surface area contributed by atoms with E-state index in [-0.39, 0.29) is 6.09 Å². The number of amides is 1. The number of anilines is 1. The Morgan fingerprint density at radius 2 is 1.74 bits per heavy atom. The van der Waals surface area contributed by atoms with E-state index in [0.717, 1.165) is 50.6 Å². The molecule has 5 rings (SSSR count). The number of morpholine rings is 1. The number of piperazine rings is 1. The highest BCUT2D eigenvalue weighted by atomic mass is 32.1. The molecule has 186 valence electrons. The Labute approximate surface area is 210 Å². The highest BCUT2D eigenvalue weighted by molar-refractivity contribution is 7.21. The first-order valence-corrected chi connectivity index (χ1v) is 13.2. The van der Waals surface area contributed by atoms with Crippen LogP contribution < -0.4 is 14.8 Å². The quantitative estimate of drug-likeness (QED) is 0.379. The summed E-state index contributed by atoms with van der Waals surface area (Å²) in [5.74, 6) is 0. The van der Waals surface area contributed by atoms with Crippen molar-refractivity contribution in [2.45, 2.75) is 40.2 Å². The summed E-state index contributed by atoms with van der Waals surface area (Å²) in [6.45, 7) is 16.3. The third-order valence-corrected chi connectivity index (χ3v) is 7.68. The van der Waals surface area contributed by atoms with E-state index in [1.807, 2.05) is 37.0 Å². The van der Waals surface area contributed by atoms with Crippen LogP contribution in [0.5, 0.6) is 0 Å². The van der Waals surface area contributed by atoms with Crippen molar-refractivity contribution in [2.24, 2.45) is 0 Å². The van der Waals surface area contributed by atoms with Gasteiger partial charge in [0.1, 0.15) is 18.8 Å². The summed E-state index contributed by atoms with van der Waals surface area (Å²) in [6.07, 6.45) is -0.226. The van der Waals surface area contributed by atoms with E-state index in [4.69, 9.17) is 14.5 Å². The second-order valence-electron chi connectivity index (χ2n) is 10.5. The number of carbonyl (C=O) groups excluding carboxylic acids is 1. The van der Waals surface area contributed by atoms with Crippen molar-refractivity contribution < 1.29 is 14.3 Å². The van der Waals surface area contributed by atoms with E-state index >= 15 is 0 Å². The first-order valence-electron chi connectivity index (χ1n) is 12.4.